The number of hydrogen-bond acceptors (Lipinski definition) is 6. The van der Waals surface area contributed by atoms with Gasteiger partial charge in [-0.05, 0) is 55.3 Å². The van der Waals surface area contributed by atoms with Crippen molar-refractivity contribution in [3.05, 3.63) is 47.5 Å². The topological polar surface area (TPSA) is 114 Å². The highest BCUT2D eigenvalue weighted by Crippen LogP contribution is 2.29. The molecule has 0 atom stereocenters. The summed E-state index contributed by atoms with van der Waals surface area (Å²) in [7, 11) is -3.55. The van der Waals surface area contributed by atoms with Gasteiger partial charge < -0.3 is 11.1 Å². The predicted molar refractivity (Wildman–Crippen MR) is 109 cm³/mol. The number of amides is 1. The Morgan fingerprint density at radius 2 is 1.93 bits per heavy atom. The van der Waals surface area contributed by atoms with Crippen LogP contribution in [-0.2, 0) is 10.0 Å². The first-order chi connectivity index (χ1) is 12.8. The molecule has 1 heterocycles. The second-order valence-electron chi connectivity index (χ2n) is 6.07. The van der Waals surface area contributed by atoms with Gasteiger partial charge in [-0.25, -0.2) is 18.1 Å². The molecule has 0 aliphatic heterocycles. The van der Waals surface area contributed by atoms with Crippen molar-refractivity contribution in [1.29, 1.82) is 0 Å². The number of carbonyl (C=O) groups excluding carboxylic acids is 1. The van der Waals surface area contributed by atoms with Crippen molar-refractivity contribution in [2.75, 3.05) is 17.6 Å². The number of thiazole rings is 1. The highest BCUT2D eigenvalue weighted by atomic mass is 32.2. The molecular weight excluding hydrogens is 384 g/mol. The SMILES string of the molecule is CCCNS(=O)(=O)c1ccc(C(=O)Nc2cc(C)c3nc(N)sc3c2)cc1. The van der Waals surface area contributed by atoms with E-state index < -0.39 is 10.0 Å². The molecule has 1 amide bonds. The highest BCUT2D eigenvalue weighted by molar-refractivity contribution is 7.89. The van der Waals surface area contributed by atoms with E-state index in [2.05, 4.69) is 15.0 Å². The summed E-state index contributed by atoms with van der Waals surface area (Å²) in [6.45, 7) is 4.16. The minimum absolute atomic E-state index is 0.130. The van der Waals surface area contributed by atoms with Crippen molar-refractivity contribution >= 4 is 48.3 Å². The molecule has 2 aromatic carbocycles. The van der Waals surface area contributed by atoms with Crippen LogP contribution in [0.3, 0.4) is 0 Å². The summed E-state index contributed by atoms with van der Waals surface area (Å²) in [4.78, 5) is 16.9. The lowest BCUT2D eigenvalue weighted by Gasteiger charge is -2.08. The number of carbonyl (C=O) groups is 1. The Hall–Kier alpha value is -2.49. The normalized spacial score (nSPS) is 11.6. The predicted octanol–water partition coefficient (Wildman–Crippen LogP) is 3.13. The van der Waals surface area contributed by atoms with Crippen LogP contribution in [0.5, 0.6) is 0 Å². The molecule has 4 N–H and O–H groups in total. The maximum absolute atomic E-state index is 12.5. The Labute approximate surface area is 161 Å². The van der Waals surface area contributed by atoms with Gasteiger partial charge in [0.1, 0.15) is 0 Å². The second kappa shape index (κ2) is 7.63. The quantitative estimate of drug-likeness (QED) is 0.584. The molecule has 0 radical (unpaired) electrons. The molecule has 0 saturated heterocycles. The Morgan fingerprint density at radius 3 is 2.59 bits per heavy atom. The molecule has 0 aliphatic rings. The fourth-order valence-corrected chi connectivity index (χ4v) is 4.58. The first-order valence-electron chi connectivity index (χ1n) is 8.38. The summed E-state index contributed by atoms with van der Waals surface area (Å²) in [6, 6.07) is 9.48. The number of fused-ring (bicyclic) bond motifs is 1. The number of hydrogen-bond donors (Lipinski definition) is 3. The number of nitrogens with two attached hydrogens (primary N) is 1. The summed E-state index contributed by atoms with van der Waals surface area (Å²) in [5.74, 6) is -0.322. The van der Waals surface area contributed by atoms with Crippen LogP contribution < -0.4 is 15.8 Å². The molecule has 0 aliphatic carbocycles. The van der Waals surface area contributed by atoms with Crippen molar-refractivity contribution in [1.82, 2.24) is 9.71 Å². The van der Waals surface area contributed by atoms with Gasteiger partial charge >= 0.3 is 0 Å². The first-order valence-corrected chi connectivity index (χ1v) is 10.7. The number of aryl methyl sites for hydroxylation is 1. The van der Waals surface area contributed by atoms with Crippen molar-refractivity contribution in [3.63, 3.8) is 0 Å². The molecule has 142 valence electrons. The zero-order valence-corrected chi connectivity index (χ0v) is 16.6. The van der Waals surface area contributed by atoms with Gasteiger partial charge in [0.25, 0.3) is 5.91 Å². The van der Waals surface area contributed by atoms with Crippen LogP contribution in [0.2, 0.25) is 0 Å². The van der Waals surface area contributed by atoms with E-state index in [0.29, 0.717) is 29.3 Å². The van der Waals surface area contributed by atoms with Gasteiger partial charge in [0.05, 0.1) is 15.1 Å². The van der Waals surface area contributed by atoms with E-state index in [1.165, 1.54) is 35.6 Å². The summed E-state index contributed by atoms with van der Waals surface area (Å²) in [6.07, 6.45) is 0.703. The van der Waals surface area contributed by atoms with E-state index in [1.807, 2.05) is 26.0 Å². The number of benzene rings is 2. The minimum atomic E-state index is -3.55. The third-order valence-corrected chi connectivity index (χ3v) is 6.24. The summed E-state index contributed by atoms with van der Waals surface area (Å²) < 4.78 is 27.6. The number of nitrogens with one attached hydrogen (secondary N) is 2. The van der Waals surface area contributed by atoms with Crippen LogP contribution >= 0.6 is 11.3 Å². The Kier molecular flexibility index (Phi) is 5.45. The van der Waals surface area contributed by atoms with Crippen molar-refractivity contribution < 1.29 is 13.2 Å². The van der Waals surface area contributed by atoms with Gasteiger partial charge in [-0.2, -0.15) is 0 Å². The van der Waals surface area contributed by atoms with Gasteiger partial charge in [0.2, 0.25) is 10.0 Å². The zero-order valence-electron chi connectivity index (χ0n) is 14.9. The number of anilines is 2. The van der Waals surface area contributed by atoms with Crippen LogP contribution in [0.1, 0.15) is 29.3 Å². The van der Waals surface area contributed by atoms with Gasteiger partial charge in [-0.15, -0.1) is 0 Å². The van der Waals surface area contributed by atoms with E-state index in [1.54, 1.807) is 0 Å². The monoisotopic (exact) mass is 404 g/mol. The number of sulfonamides is 1. The molecule has 3 rings (SSSR count). The summed E-state index contributed by atoms with van der Waals surface area (Å²) >= 11 is 1.36. The summed E-state index contributed by atoms with van der Waals surface area (Å²) in [5.41, 5.74) is 8.49. The average Bonchev–Trinajstić information content (AvgIpc) is 3.01. The largest absolute Gasteiger partial charge is 0.375 e. The minimum Gasteiger partial charge on any atom is -0.375 e. The zero-order chi connectivity index (χ0) is 19.6. The van der Waals surface area contributed by atoms with E-state index in [-0.39, 0.29) is 10.8 Å². The van der Waals surface area contributed by atoms with Crippen LogP contribution in [0.15, 0.2) is 41.3 Å². The van der Waals surface area contributed by atoms with E-state index >= 15 is 0 Å². The number of aromatic nitrogens is 1. The van der Waals surface area contributed by atoms with E-state index in [0.717, 1.165) is 15.8 Å². The molecule has 3 aromatic rings. The van der Waals surface area contributed by atoms with Gasteiger partial charge in [-0.1, -0.05) is 18.3 Å². The van der Waals surface area contributed by atoms with Crippen LogP contribution in [0.25, 0.3) is 10.2 Å². The molecule has 0 saturated carbocycles. The lowest BCUT2D eigenvalue weighted by atomic mass is 10.1. The molecule has 0 unspecified atom stereocenters. The number of nitrogen functional groups attached to an aromatic ring is 1. The second-order valence-corrected chi connectivity index (χ2v) is 8.90. The molecule has 0 bridgehead atoms. The lowest BCUT2D eigenvalue weighted by Crippen LogP contribution is -2.24. The highest BCUT2D eigenvalue weighted by Gasteiger charge is 2.15. The third-order valence-electron chi connectivity index (χ3n) is 3.93. The number of rotatable bonds is 6. The fraction of sp³-hybridized carbons (Fsp3) is 0.222. The Balaban J connectivity index is 1.78. The maximum atomic E-state index is 12.5. The van der Waals surface area contributed by atoms with Crippen molar-refractivity contribution in [2.45, 2.75) is 25.2 Å². The average molecular weight is 405 g/mol. The standard InChI is InChI=1S/C18H20N4O3S2/c1-3-8-20-27(24,25)14-6-4-12(5-7-14)17(23)21-13-9-11(2)16-15(10-13)26-18(19)22-16/h4-7,9-10,20H,3,8H2,1-2H3,(H2,19,22)(H,21,23). The van der Waals surface area contributed by atoms with E-state index in [4.69, 9.17) is 5.73 Å². The molecule has 1 aromatic heterocycles. The van der Waals surface area contributed by atoms with Crippen molar-refractivity contribution in [2.24, 2.45) is 0 Å². The molecule has 0 fully saturated rings. The Bertz CT molecular complexity index is 1090. The first kappa shape index (κ1) is 19.3. The molecular formula is C18H20N4O3S2. The smallest absolute Gasteiger partial charge is 0.255 e. The van der Waals surface area contributed by atoms with Crippen LogP contribution in [0, 0.1) is 6.92 Å². The summed E-state index contributed by atoms with van der Waals surface area (Å²) in [5, 5.41) is 3.30. The van der Waals surface area contributed by atoms with Crippen LogP contribution in [0.4, 0.5) is 10.8 Å². The molecule has 9 heteroatoms. The number of nitrogens with zero attached hydrogens (tertiary/aromatic N) is 1. The lowest BCUT2D eigenvalue weighted by molar-refractivity contribution is 0.102. The van der Waals surface area contributed by atoms with Gasteiger partial charge in [-0.3, -0.25) is 4.79 Å². The maximum Gasteiger partial charge on any atom is 0.255 e. The van der Waals surface area contributed by atoms with Gasteiger partial charge in [0, 0.05) is 17.8 Å². The van der Waals surface area contributed by atoms with Gasteiger partial charge in [0.15, 0.2) is 5.13 Å². The van der Waals surface area contributed by atoms with Crippen molar-refractivity contribution in [3.8, 4) is 0 Å². The third kappa shape index (κ3) is 4.26. The van der Waals surface area contributed by atoms with Crippen LogP contribution in [-0.4, -0.2) is 25.9 Å². The fourth-order valence-electron chi connectivity index (χ4n) is 2.59. The van der Waals surface area contributed by atoms with E-state index in [9.17, 15) is 13.2 Å². The molecule has 0 spiro atoms. The molecule has 7 nitrogen and oxygen atoms in total. The molecule has 27 heavy (non-hydrogen) atoms. The Morgan fingerprint density at radius 1 is 1.22 bits per heavy atom.